The summed E-state index contributed by atoms with van der Waals surface area (Å²) >= 11 is 0. The minimum atomic E-state index is -4.37. The molecule has 3 rings (SSSR count). The SMILES string of the molecule is Cl.Cl.FC(F)(F)c1cnc(N2CC3CC2CN3)nc1. The first-order valence-electron chi connectivity index (χ1n) is 5.43. The maximum atomic E-state index is 12.3. The molecule has 3 heterocycles. The highest BCUT2D eigenvalue weighted by molar-refractivity contribution is 5.85. The van der Waals surface area contributed by atoms with Gasteiger partial charge < -0.3 is 10.2 Å². The van der Waals surface area contributed by atoms with Crippen LogP contribution < -0.4 is 10.2 Å². The third-order valence-electron chi connectivity index (χ3n) is 3.28. The molecule has 2 unspecified atom stereocenters. The Labute approximate surface area is 120 Å². The summed E-state index contributed by atoms with van der Waals surface area (Å²) in [6, 6.07) is 0.739. The molecule has 0 aliphatic carbocycles. The van der Waals surface area contributed by atoms with Gasteiger partial charge in [-0.05, 0) is 6.42 Å². The topological polar surface area (TPSA) is 41.1 Å². The van der Waals surface area contributed by atoms with Crippen LogP contribution in [0, 0.1) is 0 Å². The van der Waals surface area contributed by atoms with Gasteiger partial charge in [-0.1, -0.05) is 0 Å². The molecule has 0 spiro atoms. The summed E-state index contributed by atoms with van der Waals surface area (Å²) in [7, 11) is 0. The Morgan fingerprint density at radius 2 is 1.84 bits per heavy atom. The minimum absolute atomic E-state index is 0. The van der Waals surface area contributed by atoms with Crippen LogP contribution in [0.4, 0.5) is 19.1 Å². The average molecular weight is 317 g/mol. The van der Waals surface area contributed by atoms with Crippen molar-refractivity contribution >= 4 is 30.8 Å². The molecule has 0 aromatic carbocycles. The first-order valence-corrected chi connectivity index (χ1v) is 5.43. The van der Waals surface area contributed by atoms with Crippen molar-refractivity contribution < 1.29 is 13.2 Å². The van der Waals surface area contributed by atoms with Crippen LogP contribution in [-0.2, 0) is 6.18 Å². The van der Waals surface area contributed by atoms with Gasteiger partial charge in [-0.3, -0.25) is 0 Å². The van der Waals surface area contributed by atoms with Gasteiger partial charge in [-0.25, -0.2) is 9.97 Å². The molecule has 19 heavy (non-hydrogen) atoms. The fraction of sp³-hybridized carbons (Fsp3) is 0.600. The van der Waals surface area contributed by atoms with Crippen LogP contribution >= 0.6 is 24.8 Å². The number of rotatable bonds is 1. The van der Waals surface area contributed by atoms with Crippen molar-refractivity contribution in [2.75, 3.05) is 18.0 Å². The summed E-state index contributed by atoms with van der Waals surface area (Å²) in [5.41, 5.74) is -0.802. The molecule has 2 bridgehead atoms. The summed E-state index contributed by atoms with van der Waals surface area (Å²) in [6.07, 6.45) is -1.65. The number of hydrogen-bond donors (Lipinski definition) is 1. The van der Waals surface area contributed by atoms with E-state index in [1.165, 1.54) is 0 Å². The van der Waals surface area contributed by atoms with Gasteiger partial charge in [0.15, 0.2) is 0 Å². The molecule has 1 N–H and O–H groups in total. The zero-order valence-electron chi connectivity index (χ0n) is 9.72. The zero-order valence-corrected chi connectivity index (χ0v) is 11.4. The van der Waals surface area contributed by atoms with E-state index in [4.69, 9.17) is 0 Å². The molecule has 2 saturated heterocycles. The lowest BCUT2D eigenvalue weighted by Crippen LogP contribution is -2.44. The first-order chi connectivity index (χ1) is 8.04. The quantitative estimate of drug-likeness (QED) is 0.859. The van der Waals surface area contributed by atoms with Gasteiger partial charge in [0.1, 0.15) is 0 Å². The maximum Gasteiger partial charge on any atom is 0.419 e. The van der Waals surface area contributed by atoms with Crippen LogP contribution in [0.15, 0.2) is 12.4 Å². The summed E-state index contributed by atoms with van der Waals surface area (Å²) in [5, 5.41) is 3.31. The van der Waals surface area contributed by atoms with E-state index < -0.39 is 11.7 Å². The molecule has 0 saturated carbocycles. The van der Waals surface area contributed by atoms with E-state index in [9.17, 15) is 13.2 Å². The van der Waals surface area contributed by atoms with Gasteiger partial charge in [0.25, 0.3) is 0 Å². The van der Waals surface area contributed by atoms with Gasteiger partial charge in [0.05, 0.1) is 5.56 Å². The van der Waals surface area contributed by atoms with E-state index in [1.807, 2.05) is 4.90 Å². The number of halogens is 5. The second-order valence-corrected chi connectivity index (χ2v) is 4.42. The molecule has 2 aliphatic rings. The summed E-state index contributed by atoms with van der Waals surface area (Å²) in [4.78, 5) is 9.60. The van der Waals surface area contributed by atoms with Crippen LogP contribution in [0.1, 0.15) is 12.0 Å². The van der Waals surface area contributed by atoms with Crippen molar-refractivity contribution in [2.45, 2.75) is 24.7 Å². The fourth-order valence-corrected chi connectivity index (χ4v) is 2.42. The van der Waals surface area contributed by atoms with Crippen LogP contribution in [-0.4, -0.2) is 35.1 Å². The smallest absolute Gasteiger partial charge is 0.335 e. The molecule has 2 fully saturated rings. The molecule has 108 valence electrons. The third kappa shape index (κ3) is 3.04. The highest BCUT2D eigenvalue weighted by Gasteiger charge is 2.39. The van der Waals surface area contributed by atoms with Crippen LogP contribution in [0.2, 0.25) is 0 Å². The number of alkyl halides is 3. The highest BCUT2D eigenvalue weighted by atomic mass is 35.5. The number of piperazine rings is 1. The Morgan fingerprint density at radius 3 is 2.26 bits per heavy atom. The summed E-state index contributed by atoms with van der Waals surface area (Å²) in [5.74, 6) is 0.395. The fourth-order valence-electron chi connectivity index (χ4n) is 2.42. The number of nitrogens with one attached hydrogen (secondary N) is 1. The van der Waals surface area contributed by atoms with E-state index in [1.54, 1.807) is 0 Å². The number of nitrogens with zero attached hydrogens (tertiary/aromatic N) is 3. The Kier molecular flexibility index (Phi) is 4.86. The lowest BCUT2D eigenvalue weighted by molar-refractivity contribution is -0.138. The van der Waals surface area contributed by atoms with Gasteiger partial charge in [-0.15, -0.1) is 24.8 Å². The second kappa shape index (κ2) is 5.68. The number of aromatic nitrogens is 2. The molecular weight excluding hydrogens is 304 g/mol. The van der Waals surface area contributed by atoms with Gasteiger partial charge in [-0.2, -0.15) is 13.2 Å². The van der Waals surface area contributed by atoms with Crippen molar-refractivity contribution in [2.24, 2.45) is 0 Å². The summed E-state index contributed by atoms with van der Waals surface area (Å²) < 4.78 is 37.0. The van der Waals surface area contributed by atoms with Crippen LogP contribution in [0.5, 0.6) is 0 Å². The van der Waals surface area contributed by atoms with Crippen LogP contribution in [0.25, 0.3) is 0 Å². The van der Waals surface area contributed by atoms with E-state index in [0.717, 1.165) is 31.9 Å². The molecule has 2 aliphatic heterocycles. The van der Waals surface area contributed by atoms with E-state index in [-0.39, 0.29) is 24.8 Å². The van der Waals surface area contributed by atoms with Crippen molar-refractivity contribution in [1.82, 2.24) is 15.3 Å². The van der Waals surface area contributed by atoms with Crippen molar-refractivity contribution in [1.29, 1.82) is 0 Å². The normalized spacial score (nSPS) is 24.9. The van der Waals surface area contributed by atoms with Gasteiger partial charge in [0.2, 0.25) is 5.95 Å². The summed E-state index contributed by atoms with van der Waals surface area (Å²) in [6.45, 7) is 1.63. The standard InChI is InChI=1S/C10H11F3N4.2ClH/c11-10(12,13)6-2-15-9(16-3-6)17-5-7-1-8(17)4-14-7;;/h2-3,7-8,14H,1,4-5H2;2*1H. The number of fused-ring (bicyclic) bond motifs is 2. The predicted octanol–water partition coefficient (Wildman–Crippen LogP) is 1.89. The zero-order chi connectivity index (χ0) is 12.0. The molecule has 1 aromatic rings. The lowest BCUT2D eigenvalue weighted by atomic mass is 10.2. The largest absolute Gasteiger partial charge is 0.419 e. The van der Waals surface area contributed by atoms with Crippen molar-refractivity contribution in [3.8, 4) is 0 Å². The Hall–Kier alpha value is -0.790. The molecule has 0 radical (unpaired) electrons. The van der Waals surface area contributed by atoms with Crippen molar-refractivity contribution in [3.63, 3.8) is 0 Å². The molecule has 1 aromatic heterocycles. The Morgan fingerprint density at radius 1 is 1.21 bits per heavy atom. The van der Waals surface area contributed by atoms with Crippen LogP contribution in [0.3, 0.4) is 0 Å². The molecule has 2 atom stereocenters. The first kappa shape index (κ1) is 16.3. The Bertz CT molecular complexity index is 426. The predicted molar refractivity (Wildman–Crippen MR) is 69.1 cm³/mol. The molecule has 0 amide bonds. The number of hydrogen-bond acceptors (Lipinski definition) is 4. The average Bonchev–Trinajstić information content (AvgIpc) is 2.89. The number of anilines is 1. The maximum absolute atomic E-state index is 12.3. The van der Waals surface area contributed by atoms with Crippen molar-refractivity contribution in [3.05, 3.63) is 18.0 Å². The minimum Gasteiger partial charge on any atom is -0.335 e. The van der Waals surface area contributed by atoms with E-state index >= 15 is 0 Å². The Balaban J connectivity index is 0.000000902. The monoisotopic (exact) mass is 316 g/mol. The third-order valence-corrected chi connectivity index (χ3v) is 3.28. The highest BCUT2D eigenvalue weighted by Crippen LogP contribution is 2.30. The molecular formula is C10H13Cl2F3N4. The van der Waals surface area contributed by atoms with Gasteiger partial charge in [0, 0.05) is 37.6 Å². The molecule has 4 nitrogen and oxygen atoms in total. The second-order valence-electron chi connectivity index (χ2n) is 4.42. The lowest BCUT2D eigenvalue weighted by Gasteiger charge is -2.27. The van der Waals surface area contributed by atoms with Gasteiger partial charge >= 0.3 is 6.18 Å². The van der Waals surface area contributed by atoms with E-state index in [2.05, 4.69) is 15.3 Å². The molecule has 9 heteroatoms. The van der Waals surface area contributed by atoms with E-state index in [0.29, 0.717) is 18.0 Å².